The van der Waals surface area contributed by atoms with Gasteiger partial charge in [-0.25, -0.2) is 4.39 Å². The Morgan fingerprint density at radius 2 is 2.10 bits per heavy atom. The van der Waals surface area contributed by atoms with Crippen molar-refractivity contribution in [2.75, 3.05) is 20.3 Å². The molecular weight excluding hydrogens is 395 g/mol. The Balaban J connectivity index is 1.96. The molecule has 0 aliphatic heterocycles. The highest BCUT2D eigenvalue weighted by Crippen LogP contribution is 2.40. The fourth-order valence-electron chi connectivity index (χ4n) is 3.40. The van der Waals surface area contributed by atoms with Crippen LogP contribution in [-0.2, 0) is 0 Å². The first kappa shape index (κ1) is 19.1. The van der Waals surface area contributed by atoms with Crippen LogP contribution in [0.1, 0.15) is 10.4 Å². The number of hydrogen-bond acceptors (Lipinski definition) is 5. The highest BCUT2D eigenvalue weighted by Gasteiger charge is 2.19. The van der Waals surface area contributed by atoms with Gasteiger partial charge in [0.2, 0.25) is 0 Å². The van der Waals surface area contributed by atoms with Crippen molar-refractivity contribution < 1.29 is 19.0 Å². The van der Waals surface area contributed by atoms with E-state index in [4.69, 9.17) is 9.84 Å². The van der Waals surface area contributed by atoms with Gasteiger partial charge in [0.25, 0.3) is 11.5 Å². The Hall–Kier alpha value is -3.23. The second-order valence-corrected chi connectivity index (χ2v) is 7.27. The second kappa shape index (κ2) is 7.65. The summed E-state index contributed by atoms with van der Waals surface area (Å²) >= 11 is 1.33. The predicted molar refractivity (Wildman–Crippen MR) is 111 cm³/mol. The number of aliphatic hydroxyl groups is 1. The van der Waals surface area contributed by atoms with E-state index in [1.54, 1.807) is 18.2 Å². The quantitative estimate of drug-likeness (QED) is 0.469. The number of thiophene rings is 1. The average Bonchev–Trinajstić information content (AvgIpc) is 3.22. The summed E-state index contributed by atoms with van der Waals surface area (Å²) in [5.74, 6) is -0.769. The minimum atomic E-state index is -0.692. The number of aromatic amines is 1. The Morgan fingerprint density at radius 3 is 2.83 bits per heavy atom. The molecule has 8 heteroatoms. The molecule has 0 radical (unpaired) electrons. The number of halogens is 1. The number of H-pyrrole nitrogens is 1. The molecule has 2 heterocycles. The van der Waals surface area contributed by atoms with Gasteiger partial charge in [0.15, 0.2) is 0 Å². The molecule has 4 aromatic rings. The Bertz CT molecular complexity index is 1300. The molecule has 148 valence electrons. The maximum absolute atomic E-state index is 14.7. The van der Waals surface area contributed by atoms with Crippen LogP contribution in [0.3, 0.4) is 0 Å². The van der Waals surface area contributed by atoms with Crippen LogP contribution in [0, 0.1) is 5.82 Å². The smallest absolute Gasteiger partial charge is 0.266 e. The molecular formula is C21H17FN2O4S. The molecule has 29 heavy (non-hydrogen) atoms. The van der Waals surface area contributed by atoms with Gasteiger partial charge in [0.05, 0.1) is 19.3 Å². The molecule has 0 aliphatic rings. The summed E-state index contributed by atoms with van der Waals surface area (Å²) in [7, 11) is 1.52. The number of aromatic nitrogens is 1. The van der Waals surface area contributed by atoms with E-state index in [0.29, 0.717) is 27.1 Å². The minimum absolute atomic E-state index is 0.0423. The van der Waals surface area contributed by atoms with Crippen molar-refractivity contribution in [3.8, 4) is 16.9 Å². The van der Waals surface area contributed by atoms with Gasteiger partial charge in [0.1, 0.15) is 16.3 Å². The van der Waals surface area contributed by atoms with E-state index in [1.807, 2.05) is 11.4 Å². The third-order valence-electron chi connectivity index (χ3n) is 4.68. The van der Waals surface area contributed by atoms with Crippen LogP contribution in [0.5, 0.6) is 5.75 Å². The van der Waals surface area contributed by atoms with Crippen LogP contribution in [-0.4, -0.2) is 36.3 Å². The van der Waals surface area contributed by atoms with Crippen molar-refractivity contribution >= 4 is 38.2 Å². The van der Waals surface area contributed by atoms with Crippen LogP contribution >= 0.6 is 11.3 Å². The number of rotatable bonds is 5. The van der Waals surface area contributed by atoms with Gasteiger partial charge < -0.3 is 20.1 Å². The van der Waals surface area contributed by atoms with E-state index >= 15 is 0 Å². The van der Waals surface area contributed by atoms with Gasteiger partial charge in [-0.2, -0.15) is 0 Å². The number of carbonyl (C=O) groups excluding carboxylic acids is 1. The second-order valence-electron chi connectivity index (χ2n) is 6.36. The van der Waals surface area contributed by atoms with Gasteiger partial charge in [-0.3, -0.25) is 9.59 Å². The first-order valence-corrected chi connectivity index (χ1v) is 9.72. The molecule has 0 saturated carbocycles. The summed E-state index contributed by atoms with van der Waals surface area (Å²) < 4.78 is 20.8. The lowest BCUT2D eigenvalue weighted by molar-refractivity contribution is 0.0941. The number of methoxy groups -OCH3 is 1. The first-order valence-electron chi connectivity index (χ1n) is 8.84. The van der Waals surface area contributed by atoms with E-state index in [-0.39, 0.29) is 24.3 Å². The summed E-state index contributed by atoms with van der Waals surface area (Å²) in [4.78, 5) is 27.2. The van der Waals surface area contributed by atoms with Crippen molar-refractivity contribution in [2.45, 2.75) is 0 Å². The van der Waals surface area contributed by atoms with Gasteiger partial charge in [-0.1, -0.05) is 6.07 Å². The SMILES string of the molecule is COc1ccc2[nH]c(=O)c3sccc3c2c1-c1ccc(C(=O)NCCO)c(F)c1. The van der Waals surface area contributed by atoms with Crippen LogP contribution in [0.25, 0.3) is 32.1 Å². The monoisotopic (exact) mass is 412 g/mol. The molecule has 0 spiro atoms. The van der Waals surface area contributed by atoms with Gasteiger partial charge in [-0.15, -0.1) is 11.3 Å². The number of ether oxygens (including phenoxy) is 1. The number of carbonyl (C=O) groups is 1. The summed E-state index contributed by atoms with van der Waals surface area (Å²) in [6.07, 6.45) is 0. The van der Waals surface area contributed by atoms with Gasteiger partial charge in [-0.05, 0) is 41.3 Å². The van der Waals surface area contributed by atoms with Gasteiger partial charge >= 0.3 is 0 Å². The van der Waals surface area contributed by atoms with Gasteiger partial charge in [0, 0.05) is 28.4 Å². The van der Waals surface area contributed by atoms with E-state index in [1.165, 1.54) is 30.6 Å². The van der Waals surface area contributed by atoms with Crippen molar-refractivity contribution in [1.29, 1.82) is 0 Å². The lowest BCUT2D eigenvalue weighted by Gasteiger charge is -2.14. The van der Waals surface area contributed by atoms with E-state index in [2.05, 4.69) is 10.3 Å². The largest absolute Gasteiger partial charge is 0.496 e. The van der Waals surface area contributed by atoms with Crippen LogP contribution in [0.2, 0.25) is 0 Å². The average molecular weight is 412 g/mol. The Labute approximate surface area is 168 Å². The summed E-state index contributed by atoms with van der Waals surface area (Å²) in [5.41, 5.74) is 1.46. The molecule has 4 rings (SSSR count). The third kappa shape index (κ3) is 3.26. The highest BCUT2D eigenvalue weighted by atomic mass is 32.1. The molecule has 6 nitrogen and oxygen atoms in total. The number of aliphatic hydroxyl groups excluding tert-OH is 1. The van der Waals surface area contributed by atoms with Crippen LogP contribution < -0.4 is 15.6 Å². The third-order valence-corrected chi connectivity index (χ3v) is 5.59. The van der Waals surface area contributed by atoms with Crippen molar-refractivity contribution in [3.63, 3.8) is 0 Å². The van der Waals surface area contributed by atoms with Crippen molar-refractivity contribution in [2.24, 2.45) is 0 Å². The molecule has 3 N–H and O–H groups in total. The van der Waals surface area contributed by atoms with Crippen molar-refractivity contribution in [1.82, 2.24) is 10.3 Å². The summed E-state index contributed by atoms with van der Waals surface area (Å²) in [6.45, 7) is -0.186. The number of amides is 1. The fourth-order valence-corrected chi connectivity index (χ4v) is 4.20. The maximum Gasteiger partial charge on any atom is 0.266 e. The maximum atomic E-state index is 14.7. The normalized spacial score (nSPS) is 11.1. The van der Waals surface area contributed by atoms with E-state index < -0.39 is 11.7 Å². The van der Waals surface area contributed by atoms with E-state index in [0.717, 1.165) is 10.8 Å². The van der Waals surface area contributed by atoms with Crippen LogP contribution in [0.15, 0.2) is 46.6 Å². The zero-order valence-electron chi connectivity index (χ0n) is 15.4. The molecule has 1 amide bonds. The highest BCUT2D eigenvalue weighted by molar-refractivity contribution is 7.17. The summed E-state index contributed by atoms with van der Waals surface area (Å²) in [6, 6.07) is 9.63. The van der Waals surface area contributed by atoms with Crippen LogP contribution in [0.4, 0.5) is 4.39 Å². The lowest BCUT2D eigenvalue weighted by atomic mass is 9.96. The number of hydrogen-bond donors (Lipinski definition) is 3. The van der Waals surface area contributed by atoms with E-state index in [9.17, 15) is 14.0 Å². The summed E-state index contributed by atoms with van der Waals surface area (Å²) in [5, 5.41) is 14.6. The molecule has 2 aromatic heterocycles. The minimum Gasteiger partial charge on any atom is -0.496 e. The predicted octanol–water partition coefficient (Wildman–Crippen LogP) is 3.28. The number of pyridine rings is 1. The zero-order chi connectivity index (χ0) is 20.5. The Morgan fingerprint density at radius 1 is 1.28 bits per heavy atom. The number of fused-ring (bicyclic) bond motifs is 3. The molecule has 0 saturated heterocycles. The zero-order valence-corrected chi connectivity index (χ0v) is 16.2. The van der Waals surface area contributed by atoms with Crippen molar-refractivity contribution in [3.05, 3.63) is 63.5 Å². The molecule has 0 bridgehead atoms. The Kier molecular flexibility index (Phi) is 5.04. The topological polar surface area (TPSA) is 91.4 Å². The fraction of sp³-hybridized carbons (Fsp3) is 0.143. The lowest BCUT2D eigenvalue weighted by Crippen LogP contribution is -2.27. The molecule has 2 aromatic carbocycles. The number of benzene rings is 2. The first-order chi connectivity index (χ1) is 14.0. The molecule has 0 atom stereocenters. The number of nitrogens with one attached hydrogen (secondary N) is 2. The molecule has 0 fully saturated rings. The molecule has 0 unspecified atom stereocenters. The molecule has 0 aliphatic carbocycles. The standard InChI is InChI=1S/C21H17FN2O4S/c1-28-16-5-4-15-18(13-6-9-29-19(13)21(27)24-15)17(16)11-2-3-12(14(22)10-11)20(26)23-7-8-25/h2-6,9-10,25H,7-8H2,1H3,(H,23,26)(H,24,27).